The van der Waals surface area contributed by atoms with Crippen LogP contribution in [0.25, 0.3) is 21.7 Å². The third-order valence-electron chi connectivity index (χ3n) is 7.08. The lowest BCUT2D eigenvalue weighted by molar-refractivity contribution is 0.239. The van der Waals surface area contributed by atoms with Gasteiger partial charge in [-0.25, -0.2) is 8.42 Å². The molecule has 0 amide bonds. The van der Waals surface area contributed by atoms with Crippen molar-refractivity contribution in [2.24, 2.45) is 0 Å². The lowest BCUT2D eigenvalue weighted by Gasteiger charge is -2.16. The van der Waals surface area contributed by atoms with Crippen LogP contribution in [0.2, 0.25) is 5.02 Å². The largest absolute Gasteiger partial charge is 0.490 e. The molecule has 0 N–H and O–H groups in total. The highest BCUT2D eigenvalue weighted by Crippen LogP contribution is 2.35. The van der Waals surface area contributed by atoms with Crippen molar-refractivity contribution in [1.82, 2.24) is 14.7 Å². The van der Waals surface area contributed by atoms with Crippen LogP contribution in [0.1, 0.15) is 18.4 Å². The van der Waals surface area contributed by atoms with Crippen molar-refractivity contribution in [3.63, 3.8) is 0 Å². The topological polar surface area (TPSA) is 64.4 Å². The van der Waals surface area contributed by atoms with Crippen molar-refractivity contribution in [3.05, 3.63) is 95.5 Å². The van der Waals surface area contributed by atoms with E-state index in [1.165, 1.54) is 12.8 Å². The van der Waals surface area contributed by atoms with E-state index in [4.69, 9.17) is 21.4 Å². The first-order chi connectivity index (χ1) is 18.5. The van der Waals surface area contributed by atoms with Gasteiger partial charge in [0.15, 0.2) is 5.03 Å². The number of nitrogens with zero attached hydrogens (tertiary/aromatic N) is 3. The fraction of sp³-hybridized carbons (Fsp3) is 0.233. The maximum absolute atomic E-state index is 14.1. The van der Waals surface area contributed by atoms with Crippen LogP contribution < -0.4 is 4.74 Å². The van der Waals surface area contributed by atoms with Gasteiger partial charge in [0.25, 0.3) is 0 Å². The third-order valence-corrected chi connectivity index (χ3v) is 9.06. The maximum Gasteiger partial charge on any atom is 0.226 e. The highest BCUT2D eigenvalue weighted by atomic mass is 35.5. The van der Waals surface area contributed by atoms with Gasteiger partial charge in [-0.1, -0.05) is 66.2 Å². The minimum absolute atomic E-state index is 0.0240. The Bertz CT molecular complexity index is 1720. The minimum atomic E-state index is -3.94. The fourth-order valence-corrected chi connectivity index (χ4v) is 7.05. The third kappa shape index (κ3) is 4.77. The van der Waals surface area contributed by atoms with Crippen molar-refractivity contribution in [2.75, 3.05) is 26.2 Å². The van der Waals surface area contributed by atoms with Crippen molar-refractivity contribution in [1.29, 1.82) is 0 Å². The second-order valence-electron chi connectivity index (χ2n) is 9.62. The maximum atomic E-state index is 14.1. The Morgan fingerprint density at radius 1 is 0.868 bits per heavy atom. The number of rotatable bonds is 8. The Kier molecular flexibility index (Phi) is 6.82. The van der Waals surface area contributed by atoms with E-state index in [9.17, 15) is 8.42 Å². The van der Waals surface area contributed by atoms with Crippen molar-refractivity contribution in [2.45, 2.75) is 29.3 Å². The smallest absolute Gasteiger partial charge is 0.226 e. The van der Waals surface area contributed by atoms with Gasteiger partial charge in [0, 0.05) is 22.3 Å². The molecule has 4 aromatic carbocycles. The zero-order chi connectivity index (χ0) is 26.1. The lowest BCUT2D eigenvalue weighted by Crippen LogP contribution is -2.25. The van der Waals surface area contributed by atoms with E-state index in [1.807, 2.05) is 72.8 Å². The molecule has 0 bridgehead atoms. The number of benzene rings is 4. The number of aromatic nitrogens is 2. The number of hydrogen-bond acceptors (Lipinski definition) is 5. The van der Waals surface area contributed by atoms with Crippen LogP contribution in [0.3, 0.4) is 0 Å². The predicted octanol–water partition coefficient (Wildman–Crippen LogP) is 6.20. The monoisotopic (exact) mass is 545 g/mol. The fourth-order valence-electron chi connectivity index (χ4n) is 5.24. The first-order valence-corrected chi connectivity index (χ1v) is 14.7. The number of ether oxygens (including phenoxy) is 1. The van der Waals surface area contributed by atoms with Gasteiger partial charge < -0.3 is 4.74 Å². The van der Waals surface area contributed by atoms with E-state index in [2.05, 4.69) is 4.90 Å². The summed E-state index contributed by atoms with van der Waals surface area (Å²) in [6, 6.07) is 25.9. The molecule has 1 fully saturated rings. The molecule has 0 atom stereocenters. The van der Waals surface area contributed by atoms with E-state index in [-0.39, 0.29) is 9.92 Å². The van der Waals surface area contributed by atoms with Crippen LogP contribution in [0.5, 0.6) is 5.75 Å². The summed E-state index contributed by atoms with van der Waals surface area (Å²) in [5, 5.41) is 7.43. The first kappa shape index (κ1) is 24.9. The molecule has 6 nitrogen and oxygen atoms in total. The average molecular weight is 546 g/mol. The average Bonchev–Trinajstić information content (AvgIpc) is 3.57. The van der Waals surface area contributed by atoms with Crippen LogP contribution in [-0.4, -0.2) is 49.3 Å². The normalized spacial score (nSPS) is 14.4. The standard InChI is InChI=1S/C30H28ClN3O3S/c31-24-11-5-8-22(20-24)21-34-29-26(13-7-14-27(29)37-19-18-33-16-3-4-17-33)30(32-34)38(35,36)28-15-6-10-23-9-1-2-12-25(23)28/h1-2,5-15,20H,3-4,16-19,21H2. The molecule has 5 aromatic rings. The van der Waals surface area contributed by atoms with Gasteiger partial charge in [0.1, 0.15) is 17.9 Å². The zero-order valence-electron chi connectivity index (χ0n) is 20.9. The Morgan fingerprint density at radius 3 is 2.45 bits per heavy atom. The van der Waals surface area contributed by atoms with E-state index in [0.717, 1.165) is 30.6 Å². The molecular weight excluding hydrogens is 518 g/mol. The van der Waals surface area contributed by atoms with Crippen LogP contribution in [0.4, 0.5) is 0 Å². The summed E-state index contributed by atoms with van der Waals surface area (Å²) in [5.41, 5.74) is 1.58. The van der Waals surface area contributed by atoms with Gasteiger partial charge in [-0.3, -0.25) is 9.58 Å². The Balaban J connectivity index is 1.47. The number of fused-ring (bicyclic) bond motifs is 2. The highest BCUT2D eigenvalue weighted by Gasteiger charge is 2.28. The van der Waals surface area contributed by atoms with E-state index < -0.39 is 9.84 Å². The summed E-state index contributed by atoms with van der Waals surface area (Å²) in [6.45, 7) is 3.89. The first-order valence-electron chi connectivity index (χ1n) is 12.8. The Labute approximate surface area is 227 Å². The molecule has 2 heterocycles. The minimum Gasteiger partial charge on any atom is -0.490 e. The molecule has 1 aromatic heterocycles. The van der Waals surface area contributed by atoms with E-state index >= 15 is 0 Å². The molecule has 0 radical (unpaired) electrons. The quantitative estimate of drug-likeness (QED) is 0.232. The van der Waals surface area contributed by atoms with Gasteiger partial charge in [-0.2, -0.15) is 5.10 Å². The molecular formula is C30H28ClN3O3S. The van der Waals surface area contributed by atoms with E-state index in [0.29, 0.717) is 40.2 Å². The summed E-state index contributed by atoms with van der Waals surface area (Å²) >= 11 is 6.25. The lowest BCUT2D eigenvalue weighted by atomic mass is 10.1. The Hall–Kier alpha value is -3.39. The number of likely N-dealkylation sites (tertiary alicyclic amines) is 1. The SMILES string of the molecule is O=S(=O)(c1cccc2ccccc12)c1nn(Cc2cccc(Cl)c2)c2c(OCCN3CCCC3)cccc12. The van der Waals surface area contributed by atoms with Gasteiger partial charge in [0.05, 0.1) is 11.4 Å². The summed E-state index contributed by atoms with van der Waals surface area (Å²) in [7, 11) is -3.94. The summed E-state index contributed by atoms with van der Waals surface area (Å²) in [5.74, 6) is 0.621. The zero-order valence-corrected chi connectivity index (χ0v) is 22.5. The second kappa shape index (κ2) is 10.4. The molecule has 194 valence electrons. The molecule has 1 aliphatic rings. The molecule has 0 saturated carbocycles. The molecule has 6 rings (SSSR count). The molecule has 38 heavy (non-hydrogen) atoms. The van der Waals surface area contributed by atoms with Gasteiger partial charge in [-0.05, 0) is 67.2 Å². The number of halogens is 1. The molecule has 8 heteroatoms. The molecule has 1 aliphatic heterocycles. The van der Waals surface area contributed by atoms with Gasteiger partial charge in [-0.15, -0.1) is 0 Å². The van der Waals surface area contributed by atoms with Crippen LogP contribution in [-0.2, 0) is 16.4 Å². The number of hydrogen-bond donors (Lipinski definition) is 0. The van der Waals surface area contributed by atoms with Crippen molar-refractivity contribution >= 4 is 43.1 Å². The summed E-state index contributed by atoms with van der Waals surface area (Å²) < 4.78 is 36.3. The Morgan fingerprint density at radius 2 is 1.61 bits per heavy atom. The van der Waals surface area contributed by atoms with Gasteiger partial charge in [0.2, 0.25) is 9.84 Å². The van der Waals surface area contributed by atoms with E-state index in [1.54, 1.807) is 16.8 Å². The molecule has 0 unspecified atom stereocenters. The second-order valence-corrected chi connectivity index (χ2v) is 11.9. The summed E-state index contributed by atoms with van der Waals surface area (Å²) in [6.07, 6.45) is 2.44. The highest BCUT2D eigenvalue weighted by molar-refractivity contribution is 7.91. The molecule has 0 spiro atoms. The van der Waals surface area contributed by atoms with Crippen molar-refractivity contribution in [3.8, 4) is 5.75 Å². The van der Waals surface area contributed by atoms with Crippen molar-refractivity contribution < 1.29 is 13.2 Å². The van der Waals surface area contributed by atoms with Crippen LogP contribution in [0, 0.1) is 0 Å². The number of para-hydroxylation sites is 1. The predicted molar refractivity (Wildman–Crippen MR) is 151 cm³/mol. The van der Waals surface area contributed by atoms with Gasteiger partial charge >= 0.3 is 0 Å². The number of sulfone groups is 1. The van der Waals surface area contributed by atoms with Crippen LogP contribution >= 0.6 is 11.6 Å². The summed E-state index contributed by atoms with van der Waals surface area (Å²) in [4.78, 5) is 2.63. The molecule has 0 aliphatic carbocycles. The van der Waals surface area contributed by atoms with Crippen LogP contribution in [0.15, 0.2) is 94.9 Å². The molecule has 1 saturated heterocycles.